The molecule has 1 heterocycles. The molecule has 0 saturated heterocycles. The molecule has 3 aromatic rings. The molecule has 0 radical (unpaired) electrons. The van der Waals surface area contributed by atoms with E-state index in [-0.39, 0.29) is 18.2 Å². The second-order valence-electron chi connectivity index (χ2n) is 5.84. The number of aliphatic hydroxyl groups excluding tert-OH is 1. The van der Waals surface area contributed by atoms with Crippen molar-refractivity contribution in [3.63, 3.8) is 0 Å². The standard InChI is InChI=1S/C18H17N5O4/c24-10-9-16-12-22(21-20-16)11-13-1-3-14(4-2-13)18(25)19-15-5-7-17(8-6-15)23(26)27/h1-8,12,24H,9-11H2,(H,19,25). The molecule has 1 aromatic heterocycles. The molecular weight excluding hydrogens is 350 g/mol. The lowest BCUT2D eigenvalue weighted by molar-refractivity contribution is -0.384. The molecule has 0 atom stereocenters. The molecule has 3 rings (SSSR count). The Bertz CT molecular complexity index is 935. The number of anilines is 1. The molecule has 1 amide bonds. The predicted molar refractivity (Wildman–Crippen MR) is 97.4 cm³/mol. The van der Waals surface area contributed by atoms with Crippen LogP contribution in [-0.2, 0) is 13.0 Å². The van der Waals surface area contributed by atoms with Crippen LogP contribution in [0.4, 0.5) is 11.4 Å². The molecule has 0 unspecified atom stereocenters. The highest BCUT2D eigenvalue weighted by atomic mass is 16.6. The van der Waals surface area contributed by atoms with Gasteiger partial charge in [-0.15, -0.1) is 5.10 Å². The molecule has 2 N–H and O–H groups in total. The van der Waals surface area contributed by atoms with Gasteiger partial charge in [-0.1, -0.05) is 17.3 Å². The Morgan fingerprint density at radius 2 is 1.85 bits per heavy atom. The molecule has 27 heavy (non-hydrogen) atoms. The van der Waals surface area contributed by atoms with Crippen molar-refractivity contribution in [1.82, 2.24) is 15.0 Å². The molecule has 0 aliphatic rings. The summed E-state index contributed by atoms with van der Waals surface area (Å²) in [4.78, 5) is 22.4. The van der Waals surface area contributed by atoms with E-state index >= 15 is 0 Å². The van der Waals surface area contributed by atoms with Gasteiger partial charge in [-0.25, -0.2) is 4.68 Å². The number of rotatable bonds is 7. The van der Waals surface area contributed by atoms with Crippen LogP contribution in [0.5, 0.6) is 0 Å². The van der Waals surface area contributed by atoms with Gasteiger partial charge in [0.05, 0.1) is 17.2 Å². The van der Waals surface area contributed by atoms with Crippen molar-refractivity contribution in [2.45, 2.75) is 13.0 Å². The Morgan fingerprint density at radius 3 is 2.48 bits per heavy atom. The number of hydrogen-bond acceptors (Lipinski definition) is 6. The van der Waals surface area contributed by atoms with Gasteiger partial charge in [-0.05, 0) is 29.8 Å². The van der Waals surface area contributed by atoms with Crippen molar-refractivity contribution < 1.29 is 14.8 Å². The van der Waals surface area contributed by atoms with E-state index in [1.165, 1.54) is 24.3 Å². The monoisotopic (exact) mass is 367 g/mol. The van der Waals surface area contributed by atoms with E-state index in [0.29, 0.717) is 24.2 Å². The number of carbonyl (C=O) groups is 1. The molecule has 0 saturated carbocycles. The normalized spacial score (nSPS) is 10.6. The number of amides is 1. The van der Waals surface area contributed by atoms with Crippen molar-refractivity contribution in [3.8, 4) is 0 Å². The summed E-state index contributed by atoms with van der Waals surface area (Å²) in [6, 6.07) is 12.7. The van der Waals surface area contributed by atoms with E-state index in [2.05, 4.69) is 15.6 Å². The first-order valence-electron chi connectivity index (χ1n) is 8.20. The zero-order chi connectivity index (χ0) is 19.2. The lowest BCUT2D eigenvalue weighted by atomic mass is 10.1. The fraction of sp³-hybridized carbons (Fsp3) is 0.167. The van der Waals surface area contributed by atoms with Crippen LogP contribution in [0.25, 0.3) is 0 Å². The van der Waals surface area contributed by atoms with Crippen molar-refractivity contribution in [3.05, 3.63) is 81.7 Å². The third-order valence-corrected chi connectivity index (χ3v) is 3.85. The fourth-order valence-corrected chi connectivity index (χ4v) is 2.46. The van der Waals surface area contributed by atoms with Crippen LogP contribution in [0.15, 0.2) is 54.7 Å². The summed E-state index contributed by atoms with van der Waals surface area (Å²) < 4.78 is 1.66. The zero-order valence-electron chi connectivity index (χ0n) is 14.3. The summed E-state index contributed by atoms with van der Waals surface area (Å²) in [6.07, 6.45) is 2.23. The Labute approximate surface area is 154 Å². The third kappa shape index (κ3) is 4.73. The van der Waals surface area contributed by atoms with Crippen molar-refractivity contribution in [2.75, 3.05) is 11.9 Å². The molecule has 0 fully saturated rings. The van der Waals surface area contributed by atoms with Gasteiger partial charge in [0.2, 0.25) is 0 Å². The first-order chi connectivity index (χ1) is 13.0. The Balaban J connectivity index is 1.61. The predicted octanol–water partition coefficient (Wildman–Crippen LogP) is 2.02. The minimum atomic E-state index is -0.494. The molecule has 138 valence electrons. The van der Waals surface area contributed by atoms with Crippen LogP contribution in [-0.4, -0.2) is 37.5 Å². The van der Waals surface area contributed by atoms with Crippen LogP contribution in [0.1, 0.15) is 21.6 Å². The Hall–Kier alpha value is -3.59. The average molecular weight is 367 g/mol. The van der Waals surface area contributed by atoms with Crippen molar-refractivity contribution >= 4 is 17.3 Å². The highest BCUT2D eigenvalue weighted by Gasteiger charge is 2.09. The van der Waals surface area contributed by atoms with Crippen molar-refractivity contribution in [1.29, 1.82) is 0 Å². The highest BCUT2D eigenvalue weighted by molar-refractivity contribution is 6.04. The maximum absolute atomic E-state index is 12.3. The van der Waals surface area contributed by atoms with Crippen LogP contribution < -0.4 is 5.32 Å². The second-order valence-corrected chi connectivity index (χ2v) is 5.84. The maximum Gasteiger partial charge on any atom is 0.269 e. The maximum atomic E-state index is 12.3. The average Bonchev–Trinajstić information content (AvgIpc) is 3.10. The fourth-order valence-electron chi connectivity index (χ4n) is 2.46. The quantitative estimate of drug-likeness (QED) is 0.486. The number of carbonyl (C=O) groups excluding carboxylic acids is 1. The molecule has 0 aliphatic heterocycles. The number of hydrogen-bond donors (Lipinski definition) is 2. The number of aromatic nitrogens is 3. The first-order valence-corrected chi connectivity index (χ1v) is 8.20. The van der Waals surface area contributed by atoms with E-state index in [0.717, 1.165) is 11.3 Å². The van der Waals surface area contributed by atoms with Gasteiger partial charge in [-0.3, -0.25) is 14.9 Å². The summed E-state index contributed by atoms with van der Waals surface area (Å²) in [5.74, 6) is -0.304. The van der Waals surface area contributed by atoms with E-state index in [9.17, 15) is 14.9 Å². The molecule has 0 aliphatic carbocycles. The number of benzene rings is 2. The van der Waals surface area contributed by atoms with E-state index in [1.54, 1.807) is 23.0 Å². The van der Waals surface area contributed by atoms with Gasteiger partial charge in [-0.2, -0.15) is 0 Å². The van der Waals surface area contributed by atoms with Gasteiger partial charge in [0.15, 0.2) is 0 Å². The van der Waals surface area contributed by atoms with Crippen LogP contribution in [0.3, 0.4) is 0 Å². The van der Waals surface area contributed by atoms with Gasteiger partial charge < -0.3 is 10.4 Å². The first kappa shape index (κ1) is 18.2. The number of nitro benzene ring substituents is 1. The number of nitro groups is 1. The molecular formula is C18H17N5O4. The van der Waals surface area contributed by atoms with Gasteiger partial charge >= 0.3 is 0 Å². The molecule has 2 aromatic carbocycles. The number of non-ortho nitro benzene ring substituents is 1. The third-order valence-electron chi connectivity index (χ3n) is 3.85. The van der Waals surface area contributed by atoms with E-state index in [4.69, 9.17) is 5.11 Å². The minimum Gasteiger partial charge on any atom is -0.396 e. The molecule has 9 nitrogen and oxygen atoms in total. The van der Waals surface area contributed by atoms with E-state index in [1.807, 2.05) is 12.1 Å². The zero-order valence-corrected chi connectivity index (χ0v) is 14.3. The lowest BCUT2D eigenvalue weighted by Gasteiger charge is -2.06. The summed E-state index contributed by atoms with van der Waals surface area (Å²) in [6.45, 7) is 0.528. The number of nitrogens with zero attached hydrogens (tertiary/aromatic N) is 4. The largest absolute Gasteiger partial charge is 0.396 e. The molecule has 0 bridgehead atoms. The minimum absolute atomic E-state index is 0.0251. The summed E-state index contributed by atoms with van der Waals surface area (Å²) in [7, 11) is 0. The number of nitrogens with one attached hydrogen (secondary N) is 1. The Morgan fingerprint density at radius 1 is 1.15 bits per heavy atom. The van der Waals surface area contributed by atoms with Gasteiger partial charge in [0, 0.05) is 42.6 Å². The van der Waals surface area contributed by atoms with Gasteiger partial charge in [0.1, 0.15) is 0 Å². The van der Waals surface area contributed by atoms with Crippen LogP contribution in [0, 0.1) is 10.1 Å². The highest BCUT2D eigenvalue weighted by Crippen LogP contribution is 2.16. The lowest BCUT2D eigenvalue weighted by Crippen LogP contribution is -2.12. The summed E-state index contributed by atoms with van der Waals surface area (Å²) in [5, 5.41) is 30.2. The van der Waals surface area contributed by atoms with Crippen molar-refractivity contribution in [2.24, 2.45) is 0 Å². The molecule has 9 heteroatoms. The summed E-state index contributed by atoms with van der Waals surface area (Å²) in [5.41, 5.74) is 2.58. The summed E-state index contributed by atoms with van der Waals surface area (Å²) >= 11 is 0. The smallest absolute Gasteiger partial charge is 0.269 e. The van der Waals surface area contributed by atoms with Gasteiger partial charge in [0.25, 0.3) is 11.6 Å². The SMILES string of the molecule is O=C(Nc1ccc([N+](=O)[O-])cc1)c1ccc(Cn2cc(CCO)nn2)cc1. The second kappa shape index (κ2) is 8.19. The molecule has 0 spiro atoms. The number of aliphatic hydroxyl groups is 1. The van der Waals surface area contributed by atoms with Crippen LogP contribution in [0.2, 0.25) is 0 Å². The van der Waals surface area contributed by atoms with Crippen LogP contribution >= 0.6 is 0 Å². The van der Waals surface area contributed by atoms with E-state index < -0.39 is 4.92 Å². The topological polar surface area (TPSA) is 123 Å². The Kier molecular flexibility index (Phi) is 5.53.